The second-order valence-electron chi connectivity index (χ2n) is 7.39. The molecule has 32 heavy (non-hydrogen) atoms. The molecule has 1 N–H and O–H groups in total. The minimum absolute atomic E-state index is 0.0691. The van der Waals surface area contributed by atoms with Crippen LogP contribution in [0.15, 0.2) is 58.1 Å². The zero-order chi connectivity index (χ0) is 22.7. The maximum Gasteiger partial charge on any atom is 0.352 e. The van der Waals surface area contributed by atoms with Crippen molar-refractivity contribution < 1.29 is 9.53 Å². The summed E-state index contributed by atoms with van der Waals surface area (Å²) in [5, 5.41) is 7.72. The van der Waals surface area contributed by atoms with Gasteiger partial charge in [0.1, 0.15) is 0 Å². The first-order valence-electron chi connectivity index (χ1n) is 10.1. The summed E-state index contributed by atoms with van der Waals surface area (Å²) in [5.74, 6) is -0.673. The van der Waals surface area contributed by atoms with Gasteiger partial charge in [0.25, 0.3) is 11.5 Å². The molecule has 1 amide bonds. The Balaban J connectivity index is 1.76. The van der Waals surface area contributed by atoms with Gasteiger partial charge in [-0.25, -0.2) is 4.79 Å². The van der Waals surface area contributed by atoms with Crippen LogP contribution in [0.3, 0.4) is 0 Å². The predicted molar refractivity (Wildman–Crippen MR) is 121 cm³/mol. The maximum atomic E-state index is 13.2. The highest BCUT2D eigenvalue weighted by atomic mass is 35.5. The lowest BCUT2D eigenvalue weighted by Crippen LogP contribution is -2.46. The van der Waals surface area contributed by atoms with Gasteiger partial charge in [-0.2, -0.15) is 9.78 Å². The molecule has 1 fully saturated rings. The van der Waals surface area contributed by atoms with Crippen molar-refractivity contribution in [2.75, 3.05) is 13.2 Å². The van der Waals surface area contributed by atoms with Crippen LogP contribution in [-0.4, -0.2) is 39.5 Å². The van der Waals surface area contributed by atoms with Gasteiger partial charge in [0.2, 0.25) is 5.69 Å². The zero-order valence-corrected chi connectivity index (χ0v) is 18.5. The molecule has 1 atom stereocenters. The van der Waals surface area contributed by atoms with Crippen LogP contribution in [0.2, 0.25) is 10.0 Å². The van der Waals surface area contributed by atoms with Gasteiger partial charge in [-0.3, -0.25) is 14.2 Å². The van der Waals surface area contributed by atoms with Crippen LogP contribution in [0.1, 0.15) is 28.9 Å². The van der Waals surface area contributed by atoms with E-state index in [0.29, 0.717) is 27.9 Å². The van der Waals surface area contributed by atoms with Gasteiger partial charge in [-0.15, -0.1) is 0 Å². The molecule has 3 aromatic rings. The number of nitrogens with one attached hydrogen (secondary N) is 1. The molecule has 0 spiro atoms. The fourth-order valence-corrected chi connectivity index (χ4v) is 3.80. The number of nitrogens with zero attached hydrogens (tertiary/aromatic N) is 3. The average Bonchev–Trinajstić information content (AvgIpc) is 3.30. The van der Waals surface area contributed by atoms with E-state index in [1.54, 1.807) is 48.5 Å². The molecule has 4 rings (SSSR count). The second-order valence-corrected chi connectivity index (χ2v) is 8.26. The van der Waals surface area contributed by atoms with Crippen molar-refractivity contribution in [1.29, 1.82) is 0 Å². The van der Waals surface area contributed by atoms with Gasteiger partial charge < -0.3 is 10.1 Å². The van der Waals surface area contributed by atoms with E-state index in [-0.39, 0.29) is 24.9 Å². The van der Waals surface area contributed by atoms with E-state index < -0.39 is 17.2 Å². The molecule has 0 bridgehead atoms. The van der Waals surface area contributed by atoms with Gasteiger partial charge in [-0.1, -0.05) is 35.3 Å². The lowest BCUT2D eigenvalue weighted by atomic mass is 10.2. The van der Waals surface area contributed by atoms with E-state index in [0.717, 1.165) is 22.1 Å². The van der Waals surface area contributed by atoms with Crippen molar-refractivity contribution in [3.8, 4) is 5.69 Å². The summed E-state index contributed by atoms with van der Waals surface area (Å²) < 4.78 is 7.49. The molecule has 2 heterocycles. The SMILES string of the molecule is O=C(NCC1CCCO1)c1nn(-c2ccc(Cl)cc2)c(=O)n(Cc2cccc(Cl)c2)c1=O. The van der Waals surface area contributed by atoms with Crippen molar-refractivity contribution in [3.05, 3.63) is 90.7 Å². The van der Waals surface area contributed by atoms with Gasteiger partial charge in [0.05, 0.1) is 18.3 Å². The Bertz CT molecular complexity index is 1250. The van der Waals surface area contributed by atoms with E-state index in [1.807, 2.05) is 0 Å². The van der Waals surface area contributed by atoms with Crippen LogP contribution in [0.25, 0.3) is 5.69 Å². The highest BCUT2D eigenvalue weighted by molar-refractivity contribution is 6.30. The summed E-state index contributed by atoms with van der Waals surface area (Å²) in [4.78, 5) is 39.1. The number of carbonyl (C=O) groups is 1. The van der Waals surface area contributed by atoms with Crippen molar-refractivity contribution in [2.45, 2.75) is 25.5 Å². The highest BCUT2D eigenvalue weighted by Gasteiger charge is 2.22. The number of rotatable bonds is 6. The molecule has 10 heteroatoms. The van der Waals surface area contributed by atoms with Crippen LogP contribution in [0, 0.1) is 0 Å². The average molecular weight is 475 g/mol. The smallest absolute Gasteiger partial charge is 0.352 e. The van der Waals surface area contributed by atoms with E-state index in [9.17, 15) is 14.4 Å². The quantitative estimate of drug-likeness (QED) is 0.592. The molecule has 1 unspecified atom stereocenters. The second kappa shape index (κ2) is 9.68. The largest absolute Gasteiger partial charge is 0.376 e. The summed E-state index contributed by atoms with van der Waals surface area (Å²) in [6, 6.07) is 13.1. The summed E-state index contributed by atoms with van der Waals surface area (Å²) in [6.45, 7) is 0.835. The summed E-state index contributed by atoms with van der Waals surface area (Å²) in [5.41, 5.74) is -0.860. The van der Waals surface area contributed by atoms with E-state index in [4.69, 9.17) is 27.9 Å². The number of halogens is 2. The zero-order valence-electron chi connectivity index (χ0n) is 17.0. The highest BCUT2D eigenvalue weighted by Crippen LogP contribution is 2.13. The lowest BCUT2D eigenvalue weighted by molar-refractivity contribution is 0.0849. The van der Waals surface area contributed by atoms with Crippen LogP contribution < -0.4 is 16.6 Å². The van der Waals surface area contributed by atoms with E-state index in [1.165, 1.54) is 0 Å². The Morgan fingerprint density at radius 3 is 2.59 bits per heavy atom. The predicted octanol–water partition coefficient (Wildman–Crippen LogP) is 2.66. The van der Waals surface area contributed by atoms with Crippen molar-refractivity contribution >= 4 is 29.1 Å². The number of amides is 1. The van der Waals surface area contributed by atoms with Crippen LogP contribution in [0.5, 0.6) is 0 Å². The standard InChI is InChI=1S/C22H20Cl2N4O4/c23-15-6-8-17(9-7-15)28-22(31)27(13-14-3-1-4-16(24)11-14)21(30)19(26-28)20(29)25-12-18-5-2-10-32-18/h1,3-4,6-9,11,18H,2,5,10,12-13H2,(H,25,29). The molecule has 1 aromatic heterocycles. The first-order chi connectivity index (χ1) is 15.4. The fraction of sp³-hybridized carbons (Fsp3) is 0.273. The minimum atomic E-state index is -0.787. The Labute approximate surface area is 193 Å². The minimum Gasteiger partial charge on any atom is -0.376 e. The molecule has 1 aliphatic rings. The molecule has 1 aliphatic heterocycles. The Morgan fingerprint density at radius 2 is 1.91 bits per heavy atom. The fourth-order valence-electron chi connectivity index (χ4n) is 3.46. The van der Waals surface area contributed by atoms with Crippen molar-refractivity contribution in [3.63, 3.8) is 0 Å². The summed E-state index contributed by atoms with van der Waals surface area (Å²) >= 11 is 12.0. The van der Waals surface area contributed by atoms with Gasteiger partial charge in [0, 0.05) is 23.2 Å². The Morgan fingerprint density at radius 1 is 1.12 bits per heavy atom. The first-order valence-corrected chi connectivity index (χ1v) is 10.8. The first kappa shape index (κ1) is 22.3. The molecule has 0 radical (unpaired) electrons. The van der Waals surface area contributed by atoms with E-state index in [2.05, 4.69) is 10.4 Å². The number of carbonyl (C=O) groups excluding carboxylic acids is 1. The number of benzene rings is 2. The monoisotopic (exact) mass is 474 g/mol. The van der Waals surface area contributed by atoms with Crippen LogP contribution in [-0.2, 0) is 11.3 Å². The molecule has 1 saturated heterocycles. The number of aromatic nitrogens is 3. The molecular formula is C22H20Cl2N4O4. The maximum absolute atomic E-state index is 13.2. The normalized spacial score (nSPS) is 15.6. The molecule has 166 valence electrons. The van der Waals surface area contributed by atoms with Gasteiger partial charge in [0.15, 0.2) is 0 Å². The number of hydrogen-bond donors (Lipinski definition) is 1. The summed E-state index contributed by atoms with van der Waals surface area (Å²) in [6.07, 6.45) is 1.65. The Kier molecular flexibility index (Phi) is 6.74. The lowest BCUT2D eigenvalue weighted by Gasteiger charge is -2.14. The van der Waals surface area contributed by atoms with Crippen LogP contribution >= 0.6 is 23.2 Å². The van der Waals surface area contributed by atoms with Crippen molar-refractivity contribution in [2.24, 2.45) is 0 Å². The molecule has 8 nitrogen and oxygen atoms in total. The number of hydrogen-bond acceptors (Lipinski definition) is 5. The summed E-state index contributed by atoms with van der Waals surface area (Å²) in [7, 11) is 0. The van der Waals surface area contributed by atoms with Crippen molar-refractivity contribution in [1.82, 2.24) is 19.7 Å². The molecule has 0 aliphatic carbocycles. The van der Waals surface area contributed by atoms with Crippen LogP contribution in [0.4, 0.5) is 0 Å². The van der Waals surface area contributed by atoms with E-state index >= 15 is 0 Å². The topological polar surface area (TPSA) is 95.2 Å². The molecule has 0 saturated carbocycles. The molecule has 2 aromatic carbocycles. The third-order valence-corrected chi connectivity index (χ3v) is 5.58. The van der Waals surface area contributed by atoms with Gasteiger partial charge in [-0.05, 0) is 54.8 Å². The third-order valence-electron chi connectivity index (χ3n) is 5.09. The van der Waals surface area contributed by atoms with Gasteiger partial charge >= 0.3 is 5.69 Å². The third kappa shape index (κ3) is 4.93. The molecular weight excluding hydrogens is 455 g/mol. The number of ether oxygens (including phenoxy) is 1. The Hall–Kier alpha value is -2.94.